The van der Waals surface area contributed by atoms with Crippen LogP contribution in [0.4, 0.5) is 13.2 Å². The number of nitrogens with zero attached hydrogens (tertiary/aromatic N) is 2. The first-order valence-electron chi connectivity index (χ1n) is 7.57. The monoisotopic (exact) mass is 362 g/mol. The van der Waals surface area contributed by atoms with E-state index in [0.717, 1.165) is 29.3 Å². The number of hydrogen-bond donors (Lipinski definition) is 0. The summed E-state index contributed by atoms with van der Waals surface area (Å²) in [5.41, 5.74) is 0.673. The van der Waals surface area contributed by atoms with Crippen molar-refractivity contribution in [2.24, 2.45) is 0 Å². The molecule has 3 aromatic rings. The number of carbonyl (C=O) groups excluding carboxylic acids is 1. The summed E-state index contributed by atoms with van der Waals surface area (Å²) in [6.45, 7) is 1.60. The number of carbonyl (C=O) groups is 1. The molecule has 3 rings (SSSR count). The van der Waals surface area contributed by atoms with E-state index in [0.29, 0.717) is 5.82 Å². The van der Waals surface area contributed by atoms with Crippen molar-refractivity contribution < 1.29 is 27.2 Å². The third-order valence-corrected chi connectivity index (χ3v) is 3.53. The second kappa shape index (κ2) is 6.99. The Labute approximate surface area is 146 Å². The number of benzene rings is 2. The van der Waals surface area contributed by atoms with Gasteiger partial charge in [-0.15, -0.1) is 0 Å². The molecule has 1 aromatic heterocycles. The Morgan fingerprint density at radius 3 is 2.58 bits per heavy atom. The first kappa shape index (κ1) is 17.7. The lowest BCUT2D eigenvalue weighted by Gasteiger charge is -2.08. The van der Waals surface area contributed by atoms with Gasteiger partial charge in [0.1, 0.15) is 0 Å². The van der Waals surface area contributed by atoms with E-state index in [1.165, 1.54) is 6.07 Å². The molecule has 0 radical (unpaired) electrons. The molecule has 0 saturated heterocycles. The van der Waals surface area contributed by atoms with Gasteiger partial charge in [0.25, 0.3) is 5.89 Å². The zero-order valence-electron chi connectivity index (χ0n) is 13.6. The van der Waals surface area contributed by atoms with Crippen LogP contribution in [-0.4, -0.2) is 16.1 Å². The molecular weight excluding hydrogens is 349 g/mol. The van der Waals surface area contributed by atoms with Crippen LogP contribution in [0.2, 0.25) is 0 Å². The van der Waals surface area contributed by atoms with E-state index in [1.807, 2.05) is 31.2 Å². The molecule has 0 unspecified atom stereocenters. The van der Waals surface area contributed by atoms with Gasteiger partial charge in [-0.05, 0) is 25.1 Å². The van der Waals surface area contributed by atoms with Gasteiger partial charge in [0.15, 0.2) is 6.61 Å². The standard InChI is InChI=1S/C18H13F3N2O3/c1-11-5-7-12(8-6-11)16-22-15(26-23-16)10-25-17(24)13-3-2-4-14(9-13)18(19,20)21/h2-9H,10H2,1H3. The van der Waals surface area contributed by atoms with Crippen molar-refractivity contribution in [3.63, 3.8) is 0 Å². The van der Waals surface area contributed by atoms with Gasteiger partial charge in [0.2, 0.25) is 5.82 Å². The van der Waals surface area contributed by atoms with Crippen LogP contribution in [0.3, 0.4) is 0 Å². The fraction of sp³-hybridized carbons (Fsp3) is 0.167. The predicted molar refractivity (Wildman–Crippen MR) is 85.0 cm³/mol. The highest BCUT2D eigenvalue weighted by Gasteiger charge is 2.31. The topological polar surface area (TPSA) is 65.2 Å². The summed E-state index contributed by atoms with van der Waals surface area (Å²) in [6, 6.07) is 11.4. The zero-order chi connectivity index (χ0) is 18.7. The summed E-state index contributed by atoms with van der Waals surface area (Å²) in [5.74, 6) is -0.540. The summed E-state index contributed by atoms with van der Waals surface area (Å²) in [4.78, 5) is 16.0. The first-order chi connectivity index (χ1) is 12.3. The molecule has 8 heteroatoms. The Morgan fingerprint density at radius 2 is 1.88 bits per heavy atom. The minimum absolute atomic E-state index is 0.0425. The number of halogens is 3. The van der Waals surface area contributed by atoms with E-state index in [2.05, 4.69) is 10.1 Å². The van der Waals surface area contributed by atoms with Crippen LogP contribution in [0.5, 0.6) is 0 Å². The molecule has 0 atom stereocenters. The van der Waals surface area contributed by atoms with Crippen molar-refractivity contribution in [3.8, 4) is 11.4 Å². The van der Waals surface area contributed by atoms with Gasteiger partial charge in [0, 0.05) is 5.56 Å². The third-order valence-electron chi connectivity index (χ3n) is 3.53. The molecule has 0 aliphatic heterocycles. The second-order valence-corrected chi connectivity index (χ2v) is 5.53. The SMILES string of the molecule is Cc1ccc(-c2noc(COC(=O)c3cccc(C(F)(F)F)c3)n2)cc1. The van der Waals surface area contributed by atoms with Gasteiger partial charge >= 0.3 is 12.1 Å². The quantitative estimate of drug-likeness (QED) is 0.643. The molecule has 5 nitrogen and oxygen atoms in total. The minimum atomic E-state index is -4.54. The Morgan fingerprint density at radius 1 is 1.15 bits per heavy atom. The lowest BCUT2D eigenvalue weighted by molar-refractivity contribution is -0.137. The fourth-order valence-corrected chi connectivity index (χ4v) is 2.17. The average Bonchev–Trinajstić information content (AvgIpc) is 3.08. The highest BCUT2D eigenvalue weighted by Crippen LogP contribution is 2.29. The number of hydrogen-bond acceptors (Lipinski definition) is 5. The summed E-state index contributed by atoms with van der Waals surface area (Å²) in [5, 5.41) is 3.79. The molecule has 134 valence electrons. The highest BCUT2D eigenvalue weighted by molar-refractivity contribution is 5.89. The number of aryl methyl sites for hydroxylation is 1. The molecule has 0 spiro atoms. The highest BCUT2D eigenvalue weighted by atomic mass is 19.4. The lowest BCUT2D eigenvalue weighted by Crippen LogP contribution is -2.09. The summed E-state index contributed by atoms with van der Waals surface area (Å²) in [7, 11) is 0. The summed E-state index contributed by atoms with van der Waals surface area (Å²) in [6.07, 6.45) is -4.54. The smallest absolute Gasteiger partial charge is 0.416 e. The first-order valence-corrected chi connectivity index (χ1v) is 7.57. The second-order valence-electron chi connectivity index (χ2n) is 5.53. The number of esters is 1. The van der Waals surface area contributed by atoms with Crippen molar-refractivity contribution in [2.75, 3.05) is 0 Å². The third kappa shape index (κ3) is 4.08. The van der Waals surface area contributed by atoms with Crippen LogP contribution < -0.4 is 0 Å². The molecule has 1 heterocycles. The van der Waals surface area contributed by atoms with Crippen LogP contribution in [0.1, 0.15) is 27.4 Å². The minimum Gasteiger partial charge on any atom is -0.452 e. The van der Waals surface area contributed by atoms with Crippen molar-refractivity contribution in [2.45, 2.75) is 19.7 Å². The number of alkyl halides is 3. The molecule has 0 N–H and O–H groups in total. The van der Waals surface area contributed by atoms with Gasteiger partial charge in [0.05, 0.1) is 11.1 Å². The number of rotatable bonds is 4. The van der Waals surface area contributed by atoms with Gasteiger partial charge in [-0.1, -0.05) is 41.1 Å². The number of ether oxygens (including phenoxy) is 1. The Balaban J connectivity index is 1.66. The molecule has 0 amide bonds. The lowest BCUT2D eigenvalue weighted by atomic mass is 10.1. The maximum Gasteiger partial charge on any atom is 0.416 e. The summed E-state index contributed by atoms with van der Waals surface area (Å²) < 4.78 is 48.0. The normalized spacial score (nSPS) is 11.4. The molecule has 0 aliphatic carbocycles. The van der Waals surface area contributed by atoms with Crippen LogP contribution in [0.15, 0.2) is 53.1 Å². The maximum atomic E-state index is 12.7. The van der Waals surface area contributed by atoms with Crippen LogP contribution in [0, 0.1) is 6.92 Å². The summed E-state index contributed by atoms with van der Waals surface area (Å²) >= 11 is 0. The molecule has 0 fully saturated rings. The largest absolute Gasteiger partial charge is 0.452 e. The molecule has 0 bridgehead atoms. The van der Waals surface area contributed by atoms with Gasteiger partial charge in [-0.2, -0.15) is 18.2 Å². The van der Waals surface area contributed by atoms with Gasteiger partial charge < -0.3 is 9.26 Å². The van der Waals surface area contributed by atoms with E-state index >= 15 is 0 Å². The zero-order valence-corrected chi connectivity index (χ0v) is 13.6. The van der Waals surface area contributed by atoms with Gasteiger partial charge in [-0.3, -0.25) is 0 Å². The molecule has 26 heavy (non-hydrogen) atoms. The van der Waals surface area contributed by atoms with E-state index in [1.54, 1.807) is 0 Å². The molecule has 0 aliphatic rings. The van der Waals surface area contributed by atoms with Crippen molar-refractivity contribution in [3.05, 3.63) is 71.1 Å². The molecule has 0 saturated carbocycles. The van der Waals surface area contributed by atoms with Gasteiger partial charge in [-0.25, -0.2) is 4.79 Å². The predicted octanol–water partition coefficient (Wildman–Crippen LogP) is 4.42. The van der Waals surface area contributed by atoms with E-state index < -0.39 is 17.7 Å². The Bertz CT molecular complexity index is 918. The van der Waals surface area contributed by atoms with E-state index in [4.69, 9.17) is 9.26 Å². The number of aromatic nitrogens is 2. The van der Waals surface area contributed by atoms with E-state index in [9.17, 15) is 18.0 Å². The van der Waals surface area contributed by atoms with Crippen LogP contribution in [-0.2, 0) is 17.5 Å². The maximum absolute atomic E-state index is 12.7. The molecular formula is C18H13F3N2O3. The van der Waals surface area contributed by atoms with Crippen LogP contribution in [0.25, 0.3) is 11.4 Å². The molecule has 2 aromatic carbocycles. The fourth-order valence-electron chi connectivity index (χ4n) is 2.17. The van der Waals surface area contributed by atoms with Crippen molar-refractivity contribution >= 4 is 5.97 Å². The van der Waals surface area contributed by atoms with Crippen LogP contribution >= 0.6 is 0 Å². The van der Waals surface area contributed by atoms with Crippen molar-refractivity contribution in [1.82, 2.24) is 10.1 Å². The Hall–Kier alpha value is -3.16. The average molecular weight is 362 g/mol. The van der Waals surface area contributed by atoms with Crippen molar-refractivity contribution in [1.29, 1.82) is 0 Å². The van der Waals surface area contributed by atoms with E-state index in [-0.39, 0.29) is 18.1 Å². The Kier molecular flexibility index (Phi) is 4.75.